The van der Waals surface area contributed by atoms with Gasteiger partial charge >= 0.3 is 0 Å². The van der Waals surface area contributed by atoms with E-state index >= 15 is 0 Å². The number of rotatable bonds is 4. The lowest BCUT2D eigenvalue weighted by Crippen LogP contribution is -2.35. The zero-order valence-corrected chi connectivity index (χ0v) is 16.3. The van der Waals surface area contributed by atoms with Crippen LogP contribution >= 0.6 is 12.2 Å². The highest BCUT2D eigenvalue weighted by Crippen LogP contribution is 2.26. The lowest BCUT2D eigenvalue weighted by atomic mass is 10.1. The fraction of sp³-hybridized carbons (Fsp3) is 0.182. The van der Waals surface area contributed by atoms with Gasteiger partial charge in [0.15, 0.2) is 5.11 Å². The lowest BCUT2D eigenvalue weighted by Gasteiger charge is -2.15. The van der Waals surface area contributed by atoms with Crippen LogP contribution < -0.4 is 15.4 Å². The van der Waals surface area contributed by atoms with Crippen molar-refractivity contribution in [1.82, 2.24) is 9.88 Å². The first-order chi connectivity index (χ1) is 13.6. The molecule has 4 rings (SSSR count). The highest BCUT2D eigenvalue weighted by molar-refractivity contribution is 7.80. The van der Waals surface area contributed by atoms with Crippen molar-refractivity contribution in [2.24, 2.45) is 7.05 Å². The molecule has 5 nitrogen and oxygen atoms in total. The van der Waals surface area contributed by atoms with Gasteiger partial charge in [0.1, 0.15) is 17.5 Å². The minimum absolute atomic E-state index is 0.136. The standard InChI is InChI=1S/C22H21N3O2S/c1-25-11-5-10-20(25)21(26)24-22(28)23-17-8-4-9-18(14-17)27-19-12-15-6-2-3-7-16(15)13-19/h2-11,14,19H,12-13H2,1H3,(H2,23,24,26,28). The molecule has 28 heavy (non-hydrogen) atoms. The maximum atomic E-state index is 12.2. The second-order valence-electron chi connectivity index (χ2n) is 6.86. The Morgan fingerprint density at radius 2 is 1.82 bits per heavy atom. The van der Waals surface area contributed by atoms with Crippen molar-refractivity contribution in [1.29, 1.82) is 0 Å². The number of thiocarbonyl (C=S) groups is 1. The number of benzene rings is 2. The maximum absolute atomic E-state index is 12.2. The van der Waals surface area contributed by atoms with Gasteiger partial charge in [0.25, 0.3) is 5.91 Å². The Bertz CT molecular complexity index is 1000. The molecule has 0 spiro atoms. The molecule has 1 amide bonds. The maximum Gasteiger partial charge on any atom is 0.274 e. The number of nitrogens with one attached hydrogen (secondary N) is 2. The number of anilines is 1. The molecule has 1 heterocycles. The lowest BCUT2D eigenvalue weighted by molar-refractivity contribution is 0.0970. The molecule has 1 aliphatic rings. The molecule has 142 valence electrons. The SMILES string of the molecule is Cn1cccc1C(=O)NC(=S)Nc1cccc(OC2Cc3ccccc3C2)c1. The molecule has 0 atom stereocenters. The van der Waals surface area contributed by atoms with Crippen LogP contribution in [0.25, 0.3) is 0 Å². The van der Waals surface area contributed by atoms with E-state index in [2.05, 4.69) is 34.9 Å². The summed E-state index contributed by atoms with van der Waals surface area (Å²) in [6, 6.07) is 19.6. The van der Waals surface area contributed by atoms with E-state index in [0.29, 0.717) is 5.69 Å². The molecule has 1 aliphatic carbocycles. The fourth-order valence-electron chi connectivity index (χ4n) is 3.47. The second kappa shape index (κ2) is 7.86. The third kappa shape index (κ3) is 4.07. The van der Waals surface area contributed by atoms with E-state index in [1.165, 1.54) is 11.1 Å². The van der Waals surface area contributed by atoms with Crippen molar-refractivity contribution in [3.8, 4) is 5.75 Å². The van der Waals surface area contributed by atoms with Crippen molar-refractivity contribution < 1.29 is 9.53 Å². The molecule has 0 bridgehead atoms. The summed E-state index contributed by atoms with van der Waals surface area (Å²) in [7, 11) is 1.81. The number of hydrogen-bond acceptors (Lipinski definition) is 3. The smallest absolute Gasteiger partial charge is 0.274 e. The molecular weight excluding hydrogens is 370 g/mol. The Labute approximate surface area is 169 Å². The number of aromatic nitrogens is 1. The first-order valence-corrected chi connectivity index (χ1v) is 9.56. The summed E-state index contributed by atoms with van der Waals surface area (Å²) in [6.45, 7) is 0. The zero-order valence-electron chi connectivity index (χ0n) is 15.5. The van der Waals surface area contributed by atoms with Crippen LogP contribution in [0.2, 0.25) is 0 Å². The topological polar surface area (TPSA) is 55.3 Å². The third-order valence-electron chi connectivity index (χ3n) is 4.81. The predicted molar refractivity (Wildman–Crippen MR) is 114 cm³/mol. The van der Waals surface area contributed by atoms with Crippen LogP contribution in [0.4, 0.5) is 5.69 Å². The summed E-state index contributed by atoms with van der Waals surface area (Å²) < 4.78 is 7.90. The molecule has 0 saturated carbocycles. The van der Waals surface area contributed by atoms with Crippen molar-refractivity contribution in [2.45, 2.75) is 18.9 Å². The largest absolute Gasteiger partial charge is 0.490 e. The Hall–Kier alpha value is -3.12. The number of fused-ring (bicyclic) bond motifs is 1. The molecule has 0 saturated heterocycles. The van der Waals surface area contributed by atoms with E-state index < -0.39 is 0 Å². The number of aryl methyl sites for hydroxylation is 1. The quantitative estimate of drug-likeness (QED) is 0.666. The van der Waals surface area contributed by atoms with E-state index in [1.54, 1.807) is 10.6 Å². The van der Waals surface area contributed by atoms with Gasteiger partial charge in [0.05, 0.1) is 0 Å². The highest BCUT2D eigenvalue weighted by Gasteiger charge is 2.22. The van der Waals surface area contributed by atoms with Crippen LogP contribution in [0.15, 0.2) is 66.9 Å². The predicted octanol–water partition coefficient (Wildman–Crippen LogP) is 3.70. The van der Waals surface area contributed by atoms with Crippen molar-refractivity contribution >= 4 is 28.9 Å². The minimum atomic E-state index is -0.249. The van der Waals surface area contributed by atoms with Gasteiger partial charge in [-0.05, 0) is 47.6 Å². The molecule has 0 aliphatic heterocycles. The summed E-state index contributed by atoms with van der Waals surface area (Å²) in [5.74, 6) is 0.528. The Balaban J connectivity index is 1.36. The average molecular weight is 391 g/mol. The van der Waals surface area contributed by atoms with Crippen LogP contribution in [0.1, 0.15) is 21.6 Å². The number of carbonyl (C=O) groups is 1. The summed E-state index contributed by atoms with van der Waals surface area (Å²) >= 11 is 5.27. The van der Waals surface area contributed by atoms with Gasteiger partial charge in [-0.3, -0.25) is 10.1 Å². The first-order valence-electron chi connectivity index (χ1n) is 9.15. The first kappa shape index (κ1) is 18.3. The molecule has 1 aromatic heterocycles. The fourth-order valence-corrected chi connectivity index (χ4v) is 3.68. The molecule has 0 fully saturated rings. The van der Waals surface area contributed by atoms with Gasteiger partial charge in [-0.1, -0.05) is 30.3 Å². The molecule has 2 N–H and O–H groups in total. The van der Waals surface area contributed by atoms with Gasteiger partial charge in [-0.2, -0.15) is 0 Å². The number of amides is 1. The highest BCUT2D eigenvalue weighted by atomic mass is 32.1. The van der Waals surface area contributed by atoms with Crippen molar-refractivity contribution in [3.05, 3.63) is 83.7 Å². The van der Waals surface area contributed by atoms with E-state index in [-0.39, 0.29) is 17.1 Å². The van der Waals surface area contributed by atoms with Crippen LogP contribution in [0.5, 0.6) is 5.75 Å². The Kier molecular flexibility index (Phi) is 5.12. The molecule has 6 heteroatoms. The van der Waals surface area contributed by atoms with Gasteiger partial charge in [-0.15, -0.1) is 0 Å². The van der Waals surface area contributed by atoms with Gasteiger partial charge in [0.2, 0.25) is 0 Å². The molecule has 2 aromatic carbocycles. The molecule has 0 radical (unpaired) electrons. The summed E-state index contributed by atoms with van der Waals surface area (Å²) in [6.07, 6.45) is 3.78. The van der Waals surface area contributed by atoms with E-state index in [9.17, 15) is 4.79 Å². The van der Waals surface area contributed by atoms with Crippen LogP contribution in [0, 0.1) is 0 Å². The molecule has 0 unspecified atom stereocenters. The van der Waals surface area contributed by atoms with E-state index in [4.69, 9.17) is 17.0 Å². The second-order valence-corrected chi connectivity index (χ2v) is 7.27. The average Bonchev–Trinajstić information content (AvgIpc) is 3.27. The van der Waals surface area contributed by atoms with Gasteiger partial charge in [0, 0.05) is 37.8 Å². The van der Waals surface area contributed by atoms with Crippen LogP contribution in [-0.4, -0.2) is 21.7 Å². The monoisotopic (exact) mass is 391 g/mol. The Morgan fingerprint density at radius 1 is 1.07 bits per heavy atom. The minimum Gasteiger partial charge on any atom is -0.490 e. The van der Waals surface area contributed by atoms with Crippen molar-refractivity contribution in [2.75, 3.05) is 5.32 Å². The Morgan fingerprint density at radius 3 is 2.50 bits per heavy atom. The number of ether oxygens (including phenoxy) is 1. The van der Waals surface area contributed by atoms with Crippen LogP contribution in [0.3, 0.4) is 0 Å². The normalized spacial score (nSPS) is 13.0. The van der Waals surface area contributed by atoms with Gasteiger partial charge in [-0.25, -0.2) is 0 Å². The number of hydrogen-bond donors (Lipinski definition) is 2. The molecule has 3 aromatic rings. The van der Waals surface area contributed by atoms with E-state index in [0.717, 1.165) is 24.3 Å². The summed E-state index contributed by atoms with van der Waals surface area (Å²) in [4.78, 5) is 12.2. The number of nitrogens with zero attached hydrogens (tertiary/aromatic N) is 1. The number of carbonyl (C=O) groups excluding carboxylic acids is 1. The summed E-state index contributed by atoms with van der Waals surface area (Å²) in [5.41, 5.74) is 4.02. The molecular formula is C22H21N3O2S. The summed E-state index contributed by atoms with van der Waals surface area (Å²) in [5, 5.41) is 5.99. The third-order valence-corrected chi connectivity index (χ3v) is 5.02. The van der Waals surface area contributed by atoms with E-state index in [1.807, 2.05) is 43.6 Å². The zero-order chi connectivity index (χ0) is 19.5. The van der Waals surface area contributed by atoms with Gasteiger partial charge < -0.3 is 14.6 Å². The van der Waals surface area contributed by atoms with Crippen LogP contribution in [-0.2, 0) is 19.9 Å². The van der Waals surface area contributed by atoms with Crippen molar-refractivity contribution in [3.63, 3.8) is 0 Å².